The molecule has 0 aliphatic carbocycles. The lowest BCUT2D eigenvalue weighted by atomic mass is 10.1. The highest BCUT2D eigenvalue weighted by molar-refractivity contribution is 5.69. The average Bonchev–Trinajstić information content (AvgIpc) is 2.39. The van der Waals surface area contributed by atoms with Gasteiger partial charge in [0.15, 0.2) is 0 Å². The van der Waals surface area contributed by atoms with Gasteiger partial charge in [-0.2, -0.15) is 0 Å². The van der Waals surface area contributed by atoms with Crippen LogP contribution in [0, 0.1) is 0 Å². The van der Waals surface area contributed by atoms with Crippen LogP contribution in [-0.4, -0.2) is 35.5 Å². The number of aliphatic hydroxyl groups is 2. The molecule has 0 radical (unpaired) electrons. The molecular formula is C14H26O4. The molecule has 0 saturated heterocycles. The van der Waals surface area contributed by atoms with E-state index < -0.39 is 6.10 Å². The van der Waals surface area contributed by atoms with Crippen LogP contribution >= 0.6 is 0 Å². The Morgan fingerprint density at radius 2 is 1.78 bits per heavy atom. The van der Waals surface area contributed by atoms with Crippen LogP contribution in [0.1, 0.15) is 51.4 Å². The third-order valence-electron chi connectivity index (χ3n) is 2.69. The van der Waals surface area contributed by atoms with Gasteiger partial charge in [-0.3, -0.25) is 4.79 Å². The Bertz CT molecular complexity index is 216. The minimum absolute atomic E-state index is 0.114. The number of esters is 1. The molecule has 0 bridgehead atoms. The first-order valence-electron chi connectivity index (χ1n) is 6.76. The number of allylic oxidation sites excluding steroid dienone is 1. The molecule has 0 unspecified atom stereocenters. The van der Waals surface area contributed by atoms with E-state index in [2.05, 4.69) is 6.58 Å². The second-order valence-corrected chi connectivity index (χ2v) is 4.47. The summed E-state index contributed by atoms with van der Waals surface area (Å²) in [6.45, 7) is 3.19. The molecule has 0 rings (SSSR count). The van der Waals surface area contributed by atoms with Crippen LogP contribution in [0.3, 0.4) is 0 Å². The maximum atomic E-state index is 11.2. The molecule has 0 heterocycles. The van der Waals surface area contributed by atoms with E-state index in [1.807, 2.05) is 6.08 Å². The van der Waals surface area contributed by atoms with Crippen molar-refractivity contribution in [2.45, 2.75) is 57.5 Å². The summed E-state index contributed by atoms with van der Waals surface area (Å²) in [6.07, 6.45) is 9.08. The highest BCUT2D eigenvalue weighted by atomic mass is 16.5. The minimum atomic E-state index is -0.959. The first kappa shape index (κ1) is 17.1. The van der Waals surface area contributed by atoms with Crippen LogP contribution in [0.4, 0.5) is 0 Å². The molecular weight excluding hydrogens is 232 g/mol. The third-order valence-corrected chi connectivity index (χ3v) is 2.69. The fourth-order valence-corrected chi connectivity index (χ4v) is 1.58. The van der Waals surface area contributed by atoms with Crippen molar-refractivity contribution in [1.29, 1.82) is 0 Å². The molecule has 0 saturated carbocycles. The summed E-state index contributed by atoms with van der Waals surface area (Å²) in [6, 6.07) is 0. The fourth-order valence-electron chi connectivity index (χ4n) is 1.58. The predicted octanol–water partition coefficient (Wildman–Crippen LogP) is 2.19. The first-order valence-corrected chi connectivity index (χ1v) is 6.76. The summed E-state index contributed by atoms with van der Waals surface area (Å²) in [7, 11) is 0. The average molecular weight is 258 g/mol. The van der Waals surface area contributed by atoms with E-state index in [9.17, 15) is 4.79 Å². The number of ether oxygens (including phenoxy) is 1. The number of hydrogen-bond donors (Lipinski definition) is 2. The molecule has 0 aromatic rings. The van der Waals surface area contributed by atoms with Crippen molar-refractivity contribution in [3.8, 4) is 0 Å². The monoisotopic (exact) mass is 258 g/mol. The highest BCUT2D eigenvalue weighted by Gasteiger charge is 2.07. The van der Waals surface area contributed by atoms with Crippen molar-refractivity contribution in [2.24, 2.45) is 0 Å². The molecule has 0 aromatic heterocycles. The van der Waals surface area contributed by atoms with Gasteiger partial charge >= 0.3 is 5.97 Å². The molecule has 106 valence electrons. The van der Waals surface area contributed by atoms with Crippen LogP contribution in [0.5, 0.6) is 0 Å². The van der Waals surface area contributed by atoms with Gasteiger partial charge in [0.25, 0.3) is 0 Å². The lowest BCUT2D eigenvalue weighted by Crippen LogP contribution is -2.21. The third kappa shape index (κ3) is 11.6. The van der Waals surface area contributed by atoms with Gasteiger partial charge in [-0.15, -0.1) is 6.58 Å². The largest absolute Gasteiger partial charge is 0.463 e. The van der Waals surface area contributed by atoms with E-state index in [-0.39, 0.29) is 19.2 Å². The number of unbranched alkanes of at least 4 members (excludes halogenated alkanes) is 6. The van der Waals surface area contributed by atoms with Crippen molar-refractivity contribution >= 4 is 5.97 Å². The second kappa shape index (κ2) is 12.6. The second-order valence-electron chi connectivity index (χ2n) is 4.47. The van der Waals surface area contributed by atoms with Gasteiger partial charge in [-0.05, 0) is 19.3 Å². The number of carbonyl (C=O) groups is 1. The summed E-state index contributed by atoms with van der Waals surface area (Å²) < 4.78 is 4.79. The van der Waals surface area contributed by atoms with Gasteiger partial charge in [0.1, 0.15) is 12.7 Å². The number of carbonyl (C=O) groups excluding carboxylic acids is 1. The smallest absolute Gasteiger partial charge is 0.305 e. The Balaban J connectivity index is 3.22. The van der Waals surface area contributed by atoms with Crippen LogP contribution < -0.4 is 0 Å². The van der Waals surface area contributed by atoms with E-state index >= 15 is 0 Å². The SMILES string of the molecule is C=CCCCCCCCCC(=O)OC[C@@H](O)CO. The molecule has 0 spiro atoms. The Labute approximate surface area is 110 Å². The summed E-state index contributed by atoms with van der Waals surface area (Å²) >= 11 is 0. The summed E-state index contributed by atoms with van der Waals surface area (Å²) in [5.74, 6) is -0.297. The van der Waals surface area contributed by atoms with Gasteiger partial charge in [0.2, 0.25) is 0 Å². The quantitative estimate of drug-likeness (QED) is 0.320. The highest BCUT2D eigenvalue weighted by Crippen LogP contribution is 2.09. The number of rotatable bonds is 12. The lowest BCUT2D eigenvalue weighted by Gasteiger charge is -2.08. The molecule has 0 fully saturated rings. The zero-order chi connectivity index (χ0) is 13.6. The zero-order valence-corrected chi connectivity index (χ0v) is 11.1. The molecule has 2 N–H and O–H groups in total. The molecule has 0 aliphatic rings. The summed E-state index contributed by atoms with van der Waals surface area (Å²) in [5, 5.41) is 17.5. The molecule has 0 amide bonds. The van der Waals surface area contributed by atoms with Crippen LogP contribution in [-0.2, 0) is 9.53 Å². The molecule has 4 nitrogen and oxygen atoms in total. The first-order chi connectivity index (χ1) is 8.70. The topological polar surface area (TPSA) is 66.8 Å². The van der Waals surface area contributed by atoms with Crippen molar-refractivity contribution in [3.05, 3.63) is 12.7 Å². The molecule has 1 atom stereocenters. The van der Waals surface area contributed by atoms with Gasteiger partial charge in [0, 0.05) is 6.42 Å². The molecule has 0 aromatic carbocycles. The minimum Gasteiger partial charge on any atom is -0.463 e. The summed E-state index contributed by atoms with van der Waals surface area (Å²) in [5.41, 5.74) is 0. The maximum absolute atomic E-state index is 11.2. The fraction of sp³-hybridized carbons (Fsp3) is 0.786. The Morgan fingerprint density at radius 1 is 1.17 bits per heavy atom. The Kier molecular flexibility index (Phi) is 12.0. The Hall–Kier alpha value is -0.870. The van der Waals surface area contributed by atoms with E-state index in [1.54, 1.807) is 0 Å². The molecule has 18 heavy (non-hydrogen) atoms. The Morgan fingerprint density at radius 3 is 2.39 bits per heavy atom. The van der Waals surface area contributed by atoms with E-state index in [1.165, 1.54) is 19.3 Å². The van der Waals surface area contributed by atoms with Gasteiger partial charge < -0.3 is 14.9 Å². The lowest BCUT2D eigenvalue weighted by molar-refractivity contribution is -0.147. The van der Waals surface area contributed by atoms with Crippen molar-refractivity contribution in [1.82, 2.24) is 0 Å². The number of hydrogen-bond acceptors (Lipinski definition) is 4. The van der Waals surface area contributed by atoms with Gasteiger partial charge in [0.05, 0.1) is 6.61 Å². The molecule has 0 aliphatic heterocycles. The van der Waals surface area contributed by atoms with Gasteiger partial charge in [-0.1, -0.05) is 31.8 Å². The summed E-state index contributed by atoms with van der Waals surface area (Å²) in [4.78, 5) is 11.2. The predicted molar refractivity (Wildman–Crippen MR) is 71.2 cm³/mol. The zero-order valence-electron chi connectivity index (χ0n) is 11.1. The van der Waals surface area contributed by atoms with Crippen LogP contribution in [0.25, 0.3) is 0 Å². The van der Waals surface area contributed by atoms with Crippen LogP contribution in [0.2, 0.25) is 0 Å². The van der Waals surface area contributed by atoms with E-state index in [4.69, 9.17) is 14.9 Å². The van der Waals surface area contributed by atoms with E-state index in [0.29, 0.717) is 6.42 Å². The standard InChI is InChI=1S/C14H26O4/c1-2-3-4-5-6-7-8-9-10-14(17)18-12-13(16)11-15/h2,13,15-16H,1,3-12H2/t13-/m0/s1. The number of aliphatic hydroxyl groups excluding tert-OH is 2. The van der Waals surface area contributed by atoms with Crippen molar-refractivity contribution < 1.29 is 19.7 Å². The van der Waals surface area contributed by atoms with Crippen molar-refractivity contribution in [3.63, 3.8) is 0 Å². The maximum Gasteiger partial charge on any atom is 0.305 e. The van der Waals surface area contributed by atoms with E-state index in [0.717, 1.165) is 25.7 Å². The van der Waals surface area contributed by atoms with Gasteiger partial charge in [-0.25, -0.2) is 0 Å². The van der Waals surface area contributed by atoms with Crippen LogP contribution in [0.15, 0.2) is 12.7 Å². The van der Waals surface area contributed by atoms with Crippen molar-refractivity contribution in [2.75, 3.05) is 13.2 Å². The molecule has 4 heteroatoms. The normalized spacial score (nSPS) is 12.1.